The van der Waals surface area contributed by atoms with Gasteiger partial charge in [-0.2, -0.15) is 0 Å². The lowest BCUT2D eigenvalue weighted by molar-refractivity contribution is -0.277. The summed E-state index contributed by atoms with van der Waals surface area (Å²) in [6.07, 6.45) is -6.67. The summed E-state index contributed by atoms with van der Waals surface area (Å²) in [6, 6.07) is 15.6. The average molecular weight is 422 g/mol. The summed E-state index contributed by atoms with van der Waals surface area (Å²) < 4.78 is 15.4. The molecule has 0 bridgehead atoms. The second kappa shape index (κ2) is 11.6. The van der Waals surface area contributed by atoms with Gasteiger partial charge < -0.3 is 39.7 Å². The standard InChI is InChI=1S/C13H18O7.C8H8O2/c14-5-7-3-1-2-4-8(7)19-13-12(18)11(17)10(16)9(6-15)20-13;1-7(9)10-8-5-3-2-4-6-8/h1-4,9-18H,5-6H2;2-6H,1H3/t9-,10-,11+,12-,13-;/m1./s1. The van der Waals surface area contributed by atoms with Crippen molar-refractivity contribution in [3.8, 4) is 11.5 Å². The van der Waals surface area contributed by atoms with Crippen LogP contribution in [0.5, 0.6) is 11.5 Å². The van der Waals surface area contributed by atoms with Crippen molar-refractivity contribution in [1.82, 2.24) is 0 Å². The summed E-state index contributed by atoms with van der Waals surface area (Å²) in [7, 11) is 0. The van der Waals surface area contributed by atoms with Crippen LogP contribution in [0.3, 0.4) is 0 Å². The molecule has 0 saturated carbocycles. The number of carbonyl (C=O) groups is 1. The predicted octanol–water partition coefficient (Wildman–Crippen LogP) is -0.0305. The van der Waals surface area contributed by atoms with Crippen LogP contribution in [0.15, 0.2) is 54.6 Å². The number of aliphatic hydroxyl groups excluding tert-OH is 5. The van der Waals surface area contributed by atoms with E-state index in [2.05, 4.69) is 0 Å². The number of carbonyl (C=O) groups excluding carboxylic acids is 1. The van der Waals surface area contributed by atoms with E-state index in [1.165, 1.54) is 6.92 Å². The van der Waals surface area contributed by atoms with Gasteiger partial charge in [0.25, 0.3) is 0 Å². The fraction of sp³-hybridized carbons (Fsp3) is 0.381. The Morgan fingerprint density at radius 2 is 1.57 bits per heavy atom. The highest BCUT2D eigenvalue weighted by Crippen LogP contribution is 2.26. The molecular weight excluding hydrogens is 396 g/mol. The van der Waals surface area contributed by atoms with E-state index in [1.807, 2.05) is 18.2 Å². The van der Waals surface area contributed by atoms with Crippen LogP contribution >= 0.6 is 0 Å². The molecule has 1 aliphatic heterocycles. The Labute approximate surface area is 173 Å². The van der Waals surface area contributed by atoms with E-state index >= 15 is 0 Å². The Bertz CT molecular complexity index is 781. The first-order chi connectivity index (χ1) is 14.4. The van der Waals surface area contributed by atoms with Crippen molar-refractivity contribution < 1.29 is 44.5 Å². The maximum absolute atomic E-state index is 10.4. The molecule has 1 aliphatic rings. The number of para-hydroxylation sites is 2. The van der Waals surface area contributed by atoms with Crippen LogP contribution in [-0.4, -0.2) is 68.8 Å². The van der Waals surface area contributed by atoms with Crippen LogP contribution in [0.2, 0.25) is 0 Å². The molecule has 3 rings (SSSR count). The molecular formula is C21H26O9. The van der Waals surface area contributed by atoms with Crippen molar-refractivity contribution >= 4 is 5.97 Å². The quantitative estimate of drug-likeness (QED) is 0.331. The van der Waals surface area contributed by atoms with E-state index in [0.29, 0.717) is 17.1 Å². The number of rotatable bonds is 5. The van der Waals surface area contributed by atoms with Crippen LogP contribution < -0.4 is 9.47 Å². The SMILES string of the molecule is CC(=O)Oc1ccccc1.OCc1ccccc1O[C@@H]1O[C@H](CO)[C@@H](O)[C@H](O)[C@H]1O. The molecule has 2 aromatic carbocycles. The molecule has 0 unspecified atom stereocenters. The Kier molecular flexibility index (Phi) is 9.18. The lowest BCUT2D eigenvalue weighted by Gasteiger charge is -2.39. The van der Waals surface area contributed by atoms with Crippen molar-refractivity contribution in [3.05, 3.63) is 60.2 Å². The van der Waals surface area contributed by atoms with Crippen molar-refractivity contribution in [2.24, 2.45) is 0 Å². The molecule has 2 aromatic rings. The Morgan fingerprint density at radius 1 is 0.933 bits per heavy atom. The third-order valence-electron chi connectivity index (χ3n) is 4.24. The van der Waals surface area contributed by atoms with Crippen molar-refractivity contribution in [2.45, 2.75) is 44.2 Å². The monoisotopic (exact) mass is 422 g/mol. The Balaban J connectivity index is 0.000000269. The maximum atomic E-state index is 10.4. The van der Waals surface area contributed by atoms with Gasteiger partial charge in [0.2, 0.25) is 6.29 Å². The highest BCUT2D eigenvalue weighted by atomic mass is 16.7. The molecule has 1 fully saturated rings. The molecule has 164 valence electrons. The Hall–Kier alpha value is -2.53. The summed E-state index contributed by atoms with van der Waals surface area (Å²) >= 11 is 0. The number of esters is 1. The largest absolute Gasteiger partial charge is 0.462 e. The first kappa shape index (κ1) is 23.7. The highest BCUT2D eigenvalue weighted by Gasteiger charge is 2.44. The van der Waals surface area contributed by atoms with Crippen LogP contribution in [0.1, 0.15) is 12.5 Å². The minimum absolute atomic E-state index is 0.256. The van der Waals surface area contributed by atoms with Gasteiger partial charge in [-0.25, -0.2) is 0 Å². The van der Waals surface area contributed by atoms with Gasteiger partial charge in [-0.1, -0.05) is 36.4 Å². The first-order valence-corrected chi connectivity index (χ1v) is 9.26. The molecule has 0 spiro atoms. The molecule has 5 N–H and O–H groups in total. The van der Waals surface area contributed by atoms with Gasteiger partial charge >= 0.3 is 5.97 Å². The molecule has 0 aliphatic carbocycles. The fourth-order valence-corrected chi connectivity index (χ4v) is 2.69. The third kappa shape index (κ3) is 6.49. The van der Waals surface area contributed by atoms with Gasteiger partial charge in [0.05, 0.1) is 13.2 Å². The molecule has 30 heavy (non-hydrogen) atoms. The summed E-state index contributed by atoms with van der Waals surface area (Å²) in [5.41, 5.74) is 0.490. The van der Waals surface area contributed by atoms with Gasteiger partial charge in [-0.05, 0) is 18.2 Å². The normalized spacial score (nSPS) is 25.6. The van der Waals surface area contributed by atoms with Gasteiger partial charge in [0.1, 0.15) is 35.9 Å². The number of hydrogen-bond donors (Lipinski definition) is 5. The van der Waals surface area contributed by atoms with Gasteiger partial charge in [0, 0.05) is 12.5 Å². The highest BCUT2D eigenvalue weighted by molar-refractivity contribution is 5.69. The van der Waals surface area contributed by atoms with E-state index < -0.39 is 37.3 Å². The first-order valence-electron chi connectivity index (χ1n) is 9.26. The molecule has 5 atom stereocenters. The number of hydrogen-bond acceptors (Lipinski definition) is 9. The topological polar surface area (TPSA) is 146 Å². The van der Waals surface area contributed by atoms with E-state index in [9.17, 15) is 25.2 Å². The molecule has 0 amide bonds. The number of ether oxygens (including phenoxy) is 3. The zero-order chi connectivity index (χ0) is 22.1. The van der Waals surface area contributed by atoms with Gasteiger partial charge in [-0.3, -0.25) is 4.79 Å². The average Bonchev–Trinajstić information content (AvgIpc) is 2.75. The van der Waals surface area contributed by atoms with Crippen LogP contribution in [-0.2, 0) is 16.1 Å². The lowest BCUT2D eigenvalue weighted by atomic mass is 9.99. The van der Waals surface area contributed by atoms with Crippen molar-refractivity contribution in [2.75, 3.05) is 6.61 Å². The molecule has 0 aromatic heterocycles. The van der Waals surface area contributed by atoms with Crippen molar-refractivity contribution in [3.63, 3.8) is 0 Å². The lowest BCUT2D eigenvalue weighted by Crippen LogP contribution is -2.60. The summed E-state index contributed by atoms with van der Waals surface area (Å²) in [5.74, 6) is 0.598. The zero-order valence-corrected chi connectivity index (χ0v) is 16.4. The molecule has 0 radical (unpaired) electrons. The molecule has 1 heterocycles. The second-order valence-corrected chi connectivity index (χ2v) is 6.49. The minimum atomic E-state index is -1.49. The minimum Gasteiger partial charge on any atom is -0.462 e. The summed E-state index contributed by atoms with van der Waals surface area (Å²) in [5, 5.41) is 47.4. The van der Waals surface area contributed by atoms with Gasteiger partial charge in [0.15, 0.2) is 0 Å². The molecule has 9 nitrogen and oxygen atoms in total. The van der Waals surface area contributed by atoms with Crippen LogP contribution in [0.4, 0.5) is 0 Å². The smallest absolute Gasteiger partial charge is 0.308 e. The maximum Gasteiger partial charge on any atom is 0.308 e. The van der Waals surface area contributed by atoms with Gasteiger partial charge in [-0.15, -0.1) is 0 Å². The summed E-state index contributed by atoms with van der Waals surface area (Å²) in [6.45, 7) is 0.604. The predicted molar refractivity (Wildman–Crippen MR) is 105 cm³/mol. The van der Waals surface area contributed by atoms with E-state index in [4.69, 9.17) is 19.3 Å². The van der Waals surface area contributed by atoms with Crippen LogP contribution in [0, 0.1) is 0 Å². The Morgan fingerprint density at radius 3 is 2.17 bits per heavy atom. The van der Waals surface area contributed by atoms with E-state index in [0.717, 1.165) is 0 Å². The molecule has 1 saturated heterocycles. The zero-order valence-electron chi connectivity index (χ0n) is 16.4. The third-order valence-corrected chi connectivity index (χ3v) is 4.24. The van der Waals surface area contributed by atoms with E-state index in [1.54, 1.807) is 36.4 Å². The van der Waals surface area contributed by atoms with Crippen LogP contribution in [0.25, 0.3) is 0 Å². The number of benzene rings is 2. The van der Waals surface area contributed by atoms with Crippen molar-refractivity contribution in [1.29, 1.82) is 0 Å². The summed E-state index contributed by atoms with van der Waals surface area (Å²) in [4.78, 5) is 10.4. The fourth-order valence-electron chi connectivity index (χ4n) is 2.69. The molecule has 9 heteroatoms. The number of aliphatic hydroxyl groups is 5. The van der Waals surface area contributed by atoms with E-state index in [-0.39, 0.29) is 12.6 Å². The second-order valence-electron chi connectivity index (χ2n) is 6.49.